The molecule has 0 bridgehead atoms. The molecule has 0 saturated carbocycles. The molecule has 0 saturated heterocycles. The molecule has 1 aromatic rings. The van der Waals surface area contributed by atoms with Crippen molar-refractivity contribution in [2.75, 3.05) is 0 Å². The highest BCUT2D eigenvalue weighted by molar-refractivity contribution is 5.24. The summed E-state index contributed by atoms with van der Waals surface area (Å²) in [5.74, 6) is 0. The fourth-order valence-electron chi connectivity index (χ4n) is 1.64. The van der Waals surface area contributed by atoms with Crippen molar-refractivity contribution < 1.29 is 14.9 Å². The second-order valence-electron chi connectivity index (χ2n) is 3.83. The van der Waals surface area contributed by atoms with Gasteiger partial charge >= 0.3 is 0 Å². The van der Waals surface area contributed by atoms with Crippen LogP contribution < -0.4 is 5.73 Å². The lowest BCUT2D eigenvalue weighted by molar-refractivity contribution is -0.163. The van der Waals surface area contributed by atoms with E-state index in [-0.39, 0.29) is 0 Å². The highest BCUT2D eigenvalue weighted by Gasteiger charge is 2.21. The van der Waals surface area contributed by atoms with E-state index in [0.717, 1.165) is 11.1 Å². The number of benzene rings is 1. The van der Waals surface area contributed by atoms with Gasteiger partial charge in [0.05, 0.1) is 6.10 Å². The number of aliphatic hydroxyl groups is 2. The van der Waals surface area contributed by atoms with Crippen LogP contribution in [0.5, 0.6) is 0 Å². The molecule has 4 heteroatoms. The second kappa shape index (κ2) is 5.96. The van der Waals surface area contributed by atoms with E-state index in [1.807, 2.05) is 38.1 Å². The molecule has 3 atom stereocenters. The molecule has 4 N–H and O–H groups in total. The summed E-state index contributed by atoms with van der Waals surface area (Å²) < 4.78 is 5.04. The second-order valence-corrected chi connectivity index (χ2v) is 3.83. The molecule has 16 heavy (non-hydrogen) atoms. The SMILES string of the molecule is CCC(OC(N)O)C(O)c1cccc(C)c1. The summed E-state index contributed by atoms with van der Waals surface area (Å²) in [7, 11) is 0. The van der Waals surface area contributed by atoms with Gasteiger partial charge in [-0.3, -0.25) is 5.73 Å². The van der Waals surface area contributed by atoms with Crippen LogP contribution in [0.15, 0.2) is 24.3 Å². The van der Waals surface area contributed by atoms with Crippen LogP contribution in [-0.4, -0.2) is 22.7 Å². The van der Waals surface area contributed by atoms with E-state index in [9.17, 15) is 5.11 Å². The zero-order chi connectivity index (χ0) is 12.1. The molecular formula is C12H19NO3. The van der Waals surface area contributed by atoms with Crippen LogP contribution in [0.1, 0.15) is 30.6 Å². The van der Waals surface area contributed by atoms with Crippen molar-refractivity contribution in [1.82, 2.24) is 0 Å². The van der Waals surface area contributed by atoms with Gasteiger partial charge in [-0.25, -0.2) is 0 Å². The van der Waals surface area contributed by atoms with Crippen molar-refractivity contribution in [1.29, 1.82) is 0 Å². The summed E-state index contributed by atoms with van der Waals surface area (Å²) in [5, 5.41) is 19.0. The fraction of sp³-hybridized carbons (Fsp3) is 0.500. The number of aryl methyl sites for hydroxylation is 1. The maximum Gasteiger partial charge on any atom is 0.211 e. The van der Waals surface area contributed by atoms with E-state index >= 15 is 0 Å². The largest absolute Gasteiger partial charge is 0.386 e. The zero-order valence-corrected chi connectivity index (χ0v) is 9.63. The van der Waals surface area contributed by atoms with Gasteiger partial charge in [0.2, 0.25) is 6.41 Å². The Morgan fingerprint density at radius 2 is 2.06 bits per heavy atom. The summed E-state index contributed by atoms with van der Waals surface area (Å²) in [6.45, 7) is 3.82. The lowest BCUT2D eigenvalue weighted by Crippen LogP contribution is -2.32. The molecule has 0 heterocycles. The first-order chi connectivity index (χ1) is 7.54. The predicted octanol–water partition coefficient (Wildman–Crippen LogP) is 1.06. The summed E-state index contributed by atoms with van der Waals surface area (Å²) >= 11 is 0. The standard InChI is InChI=1S/C12H19NO3/c1-3-10(16-12(13)15)11(14)9-6-4-5-8(2)7-9/h4-7,10-12,14-15H,3,13H2,1-2H3. The maximum absolute atomic E-state index is 10.1. The average molecular weight is 225 g/mol. The molecule has 1 rings (SSSR count). The molecule has 0 fully saturated rings. The Kier molecular flexibility index (Phi) is 4.89. The topological polar surface area (TPSA) is 75.7 Å². The third-order valence-corrected chi connectivity index (χ3v) is 2.45. The van der Waals surface area contributed by atoms with Crippen LogP contribution in [0, 0.1) is 6.92 Å². The Hall–Kier alpha value is -0.940. The van der Waals surface area contributed by atoms with Gasteiger partial charge in [-0.2, -0.15) is 0 Å². The molecule has 0 amide bonds. The molecule has 0 aliphatic carbocycles. The van der Waals surface area contributed by atoms with E-state index in [0.29, 0.717) is 6.42 Å². The van der Waals surface area contributed by atoms with Gasteiger partial charge in [0.15, 0.2) is 0 Å². The van der Waals surface area contributed by atoms with Crippen molar-refractivity contribution in [2.24, 2.45) is 5.73 Å². The normalized spacial score (nSPS) is 16.8. The Morgan fingerprint density at radius 1 is 1.38 bits per heavy atom. The van der Waals surface area contributed by atoms with Gasteiger partial charge in [-0.15, -0.1) is 0 Å². The number of aliphatic hydroxyl groups excluding tert-OH is 2. The molecular weight excluding hydrogens is 206 g/mol. The minimum atomic E-state index is -1.36. The number of nitrogens with two attached hydrogens (primary N) is 1. The molecule has 90 valence electrons. The van der Waals surface area contributed by atoms with Crippen LogP contribution in [0.2, 0.25) is 0 Å². The van der Waals surface area contributed by atoms with E-state index < -0.39 is 18.6 Å². The third-order valence-electron chi connectivity index (χ3n) is 2.45. The number of hydrogen-bond acceptors (Lipinski definition) is 4. The van der Waals surface area contributed by atoms with Gasteiger partial charge in [0.1, 0.15) is 6.10 Å². The molecule has 0 aliphatic rings. The van der Waals surface area contributed by atoms with Crippen molar-refractivity contribution >= 4 is 0 Å². The molecule has 3 unspecified atom stereocenters. The quantitative estimate of drug-likeness (QED) is 0.655. The molecule has 4 nitrogen and oxygen atoms in total. The highest BCUT2D eigenvalue weighted by atomic mass is 16.6. The first kappa shape index (κ1) is 13.1. The summed E-state index contributed by atoms with van der Waals surface area (Å²) in [6.07, 6.45) is -2.06. The fourth-order valence-corrected chi connectivity index (χ4v) is 1.64. The summed E-state index contributed by atoms with van der Waals surface area (Å²) in [5.41, 5.74) is 6.98. The first-order valence-electron chi connectivity index (χ1n) is 5.38. The maximum atomic E-state index is 10.1. The molecule has 1 aromatic carbocycles. The summed E-state index contributed by atoms with van der Waals surface area (Å²) in [6, 6.07) is 7.54. The lowest BCUT2D eigenvalue weighted by Gasteiger charge is -2.23. The van der Waals surface area contributed by atoms with Crippen LogP contribution >= 0.6 is 0 Å². The van der Waals surface area contributed by atoms with Crippen LogP contribution in [0.25, 0.3) is 0 Å². The first-order valence-corrected chi connectivity index (χ1v) is 5.38. The number of hydrogen-bond donors (Lipinski definition) is 3. The van der Waals surface area contributed by atoms with Gasteiger partial charge in [0, 0.05) is 0 Å². The number of rotatable bonds is 5. The Labute approximate surface area is 95.7 Å². The lowest BCUT2D eigenvalue weighted by atomic mass is 10.0. The predicted molar refractivity (Wildman–Crippen MR) is 61.5 cm³/mol. The van der Waals surface area contributed by atoms with Gasteiger partial charge in [-0.05, 0) is 18.9 Å². The molecule has 0 spiro atoms. The monoisotopic (exact) mass is 225 g/mol. The van der Waals surface area contributed by atoms with Crippen molar-refractivity contribution in [3.63, 3.8) is 0 Å². The van der Waals surface area contributed by atoms with Crippen LogP contribution in [-0.2, 0) is 4.74 Å². The minimum absolute atomic E-state index is 0.498. The molecule has 0 aliphatic heterocycles. The molecule has 0 radical (unpaired) electrons. The van der Waals surface area contributed by atoms with Crippen molar-refractivity contribution in [3.8, 4) is 0 Å². The van der Waals surface area contributed by atoms with Gasteiger partial charge < -0.3 is 14.9 Å². The minimum Gasteiger partial charge on any atom is -0.386 e. The van der Waals surface area contributed by atoms with Gasteiger partial charge in [-0.1, -0.05) is 36.8 Å². The average Bonchev–Trinajstić information content (AvgIpc) is 2.24. The Balaban J connectivity index is 2.78. The van der Waals surface area contributed by atoms with Crippen molar-refractivity contribution in [2.45, 2.75) is 38.9 Å². The van der Waals surface area contributed by atoms with E-state index in [2.05, 4.69) is 0 Å². The van der Waals surface area contributed by atoms with Crippen LogP contribution in [0.4, 0.5) is 0 Å². The van der Waals surface area contributed by atoms with Crippen molar-refractivity contribution in [3.05, 3.63) is 35.4 Å². The summed E-state index contributed by atoms with van der Waals surface area (Å²) in [4.78, 5) is 0. The van der Waals surface area contributed by atoms with Crippen LogP contribution in [0.3, 0.4) is 0 Å². The third kappa shape index (κ3) is 3.57. The van der Waals surface area contributed by atoms with E-state index in [1.165, 1.54) is 0 Å². The van der Waals surface area contributed by atoms with E-state index in [1.54, 1.807) is 0 Å². The zero-order valence-electron chi connectivity index (χ0n) is 9.63. The van der Waals surface area contributed by atoms with Gasteiger partial charge in [0.25, 0.3) is 0 Å². The Morgan fingerprint density at radius 3 is 2.56 bits per heavy atom. The van der Waals surface area contributed by atoms with E-state index in [4.69, 9.17) is 15.6 Å². The molecule has 0 aromatic heterocycles. The highest BCUT2D eigenvalue weighted by Crippen LogP contribution is 2.22. The number of ether oxygens (including phenoxy) is 1. The Bertz CT molecular complexity index is 328. The smallest absolute Gasteiger partial charge is 0.211 e.